The van der Waals surface area contributed by atoms with Crippen molar-refractivity contribution in [2.75, 3.05) is 6.61 Å². The van der Waals surface area contributed by atoms with Gasteiger partial charge >= 0.3 is 0 Å². The number of hydrogen-bond donors (Lipinski definition) is 0. The Morgan fingerprint density at radius 1 is 0.722 bits per heavy atom. The summed E-state index contributed by atoms with van der Waals surface area (Å²) in [7, 11) is 0. The van der Waals surface area contributed by atoms with Crippen molar-refractivity contribution in [2.24, 2.45) is 0 Å². The average molecular weight is 650 g/mol. The van der Waals surface area contributed by atoms with E-state index in [1.165, 1.54) is 5.56 Å². The third-order valence-corrected chi connectivity index (χ3v) is 5.54. The number of nitrogens with zero attached hydrogens (tertiary/aromatic N) is 4. The third-order valence-electron chi connectivity index (χ3n) is 5.54. The van der Waals surface area contributed by atoms with Gasteiger partial charge in [-0.25, -0.2) is 15.0 Å². The number of ether oxygens (including phenoxy) is 1. The minimum Gasteiger partial charge on any atom is -0.494 e. The van der Waals surface area contributed by atoms with Crippen LogP contribution in [0.1, 0.15) is 18.9 Å². The molecular weight excluding hydrogens is 625 g/mol. The van der Waals surface area contributed by atoms with Crippen molar-refractivity contribution in [2.45, 2.75) is 20.3 Å². The van der Waals surface area contributed by atoms with E-state index >= 15 is 0 Å². The molecule has 0 aliphatic heterocycles. The Bertz CT molecular complexity index is 1410. The topological polar surface area (TPSA) is 60.8 Å². The van der Waals surface area contributed by atoms with Gasteiger partial charge in [0.25, 0.3) is 0 Å². The van der Waals surface area contributed by atoms with Gasteiger partial charge in [0.2, 0.25) is 0 Å². The van der Waals surface area contributed by atoms with E-state index in [2.05, 4.69) is 37.0 Å². The van der Waals surface area contributed by atoms with Gasteiger partial charge in [-0.15, -0.1) is 35.9 Å². The van der Waals surface area contributed by atoms with Gasteiger partial charge in [-0.2, -0.15) is 0 Å². The fourth-order valence-corrected chi connectivity index (χ4v) is 3.62. The van der Waals surface area contributed by atoms with Gasteiger partial charge in [-0.1, -0.05) is 48.9 Å². The Morgan fingerprint density at radius 3 is 1.89 bits per heavy atom. The summed E-state index contributed by atoms with van der Waals surface area (Å²) in [5.41, 5.74) is 5.64. The van der Waals surface area contributed by atoms with Gasteiger partial charge in [0, 0.05) is 43.0 Å². The fraction of sp³-hybridized carbons (Fsp3) is 0.133. The molecule has 5 rings (SSSR count). The van der Waals surface area contributed by atoms with Crippen LogP contribution in [0.15, 0.2) is 91.1 Å². The summed E-state index contributed by atoms with van der Waals surface area (Å²) in [5.74, 6) is 2.64. The van der Waals surface area contributed by atoms with Gasteiger partial charge in [0.15, 0.2) is 17.5 Å². The molecule has 2 heterocycles. The summed E-state index contributed by atoms with van der Waals surface area (Å²) in [5, 5.41) is 0. The van der Waals surface area contributed by atoms with Crippen LogP contribution in [0.3, 0.4) is 0 Å². The van der Waals surface area contributed by atoms with Crippen molar-refractivity contribution in [1.29, 1.82) is 0 Å². The fourth-order valence-electron chi connectivity index (χ4n) is 3.62. The van der Waals surface area contributed by atoms with Crippen molar-refractivity contribution < 1.29 is 24.8 Å². The second kappa shape index (κ2) is 11.8. The molecule has 6 heteroatoms. The first kappa shape index (κ1) is 25.4. The molecule has 0 aliphatic rings. The summed E-state index contributed by atoms with van der Waals surface area (Å²) in [4.78, 5) is 19.0. The van der Waals surface area contributed by atoms with Crippen LogP contribution in [0.25, 0.3) is 45.4 Å². The zero-order chi connectivity index (χ0) is 24.0. The third kappa shape index (κ3) is 5.90. The van der Waals surface area contributed by atoms with E-state index < -0.39 is 0 Å². The van der Waals surface area contributed by atoms with E-state index in [0.29, 0.717) is 24.1 Å². The molecule has 0 atom stereocenters. The largest absolute Gasteiger partial charge is 0.494 e. The van der Waals surface area contributed by atoms with Crippen molar-refractivity contribution in [3.05, 3.63) is 103 Å². The smallest absolute Gasteiger partial charge is 0.165 e. The molecule has 5 aromatic rings. The van der Waals surface area contributed by atoms with Crippen molar-refractivity contribution in [3.63, 3.8) is 0 Å². The first-order valence-electron chi connectivity index (χ1n) is 11.7. The van der Waals surface area contributed by atoms with Gasteiger partial charge in [0.05, 0.1) is 6.61 Å². The van der Waals surface area contributed by atoms with Crippen LogP contribution in [-0.4, -0.2) is 26.5 Å². The molecule has 0 N–H and O–H groups in total. The van der Waals surface area contributed by atoms with Crippen LogP contribution in [-0.2, 0) is 20.1 Å². The van der Waals surface area contributed by atoms with Crippen LogP contribution in [0.4, 0.5) is 0 Å². The predicted octanol–water partition coefficient (Wildman–Crippen LogP) is 6.83. The summed E-state index contributed by atoms with van der Waals surface area (Å²) in [6, 6.07) is 31.0. The summed E-state index contributed by atoms with van der Waals surface area (Å²) in [6.45, 7) is 4.84. The molecule has 3 aromatic carbocycles. The molecule has 181 valence electrons. The Balaban J connectivity index is 0.00000304. The van der Waals surface area contributed by atoms with E-state index in [4.69, 9.17) is 19.7 Å². The summed E-state index contributed by atoms with van der Waals surface area (Å²) < 4.78 is 5.73. The standard InChI is InChI=1S/C30H25N4O.Ir/c1-3-19-35-26-16-13-24(14-17-26)29-32-28(23-11-9-21(2)10-12-23)33-30(34-29)25-15-18-27(31-20-25)22-7-5-4-6-8-22;/h4-7,9-18,20H,3,19H2,1-2H3;/q-1;. The Hall–Kier alpha value is -3.73. The van der Waals surface area contributed by atoms with Gasteiger partial charge < -0.3 is 9.72 Å². The van der Waals surface area contributed by atoms with Gasteiger partial charge in [-0.05, 0) is 43.3 Å². The molecule has 0 spiro atoms. The van der Waals surface area contributed by atoms with E-state index in [0.717, 1.165) is 40.1 Å². The van der Waals surface area contributed by atoms with E-state index in [1.807, 2.05) is 72.8 Å². The monoisotopic (exact) mass is 650 g/mol. The zero-order valence-corrected chi connectivity index (χ0v) is 22.5. The molecule has 2 aromatic heterocycles. The van der Waals surface area contributed by atoms with Crippen molar-refractivity contribution >= 4 is 0 Å². The predicted molar refractivity (Wildman–Crippen MR) is 139 cm³/mol. The van der Waals surface area contributed by atoms with E-state index in [1.54, 1.807) is 6.20 Å². The van der Waals surface area contributed by atoms with Crippen molar-refractivity contribution in [3.8, 4) is 51.2 Å². The maximum atomic E-state index is 5.73. The summed E-state index contributed by atoms with van der Waals surface area (Å²) in [6.07, 6.45) is 2.77. The number of benzene rings is 3. The van der Waals surface area contributed by atoms with E-state index in [9.17, 15) is 0 Å². The second-order valence-corrected chi connectivity index (χ2v) is 8.25. The normalized spacial score (nSPS) is 10.5. The Kier molecular flexibility index (Phi) is 8.32. The van der Waals surface area contributed by atoms with E-state index in [-0.39, 0.29) is 20.1 Å². The molecule has 0 unspecified atom stereocenters. The number of aromatic nitrogens is 4. The van der Waals surface area contributed by atoms with Crippen LogP contribution < -0.4 is 4.74 Å². The molecule has 0 amide bonds. The first-order valence-corrected chi connectivity index (χ1v) is 11.7. The van der Waals surface area contributed by atoms with Crippen LogP contribution in [0.5, 0.6) is 5.75 Å². The minimum absolute atomic E-state index is 0. The molecule has 0 aliphatic carbocycles. The minimum atomic E-state index is 0. The maximum absolute atomic E-state index is 5.73. The van der Waals surface area contributed by atoms with Crippen LogP contribution in [0.2, 0.25) is 0 Å². The molecule has 0 saturated carbocycles. The van der Waals surface area contributed by atoms with Crippen LogP contribution in [0, 0.1) is 13.0 Å². The van der Waals surface area contributed by atoms with Crippen molar-refractivity contribution in [1.82, 2.24) is 19.9 Å². The molecule has 0 fully saturated rings. The Labute approximate surface area is 225 Å². The molecule has 36 heavy (non-hydrogen) atoms. The van der Waals surface area contributed by atoms with Crippen LogP contribution >= 0.6 is 0 Å². The Morgan fingerprint density at radius 2 is 1.33 bits per heavy atom. The quantitative estimate of drug-likeness (QED) is 0.181. The molecule has 0 bridgehead atoms. The van der Waals surface area contributed by atoms with Gasteiger partial charge in [0.1, 0.15) is 5.75 Å². The van der Waals surface area contributed by atoms with Gasteiger partial charge in [-0.3, -0.25) is 0 Å². The first-order chi connectivity index (χ1) is 17.2. The average Bonchev–Trinajstić information content (AvgIpc) is 2.93. The number of aryl methyl sites for hydroxylation is 1. The number of hydrogen-bond acceptors (Lipinski definition) is 5. The number of rotatable bonds is 7. The molecule has 5 nitrogen and oxygen atoms in total. The second-order valence-electron chi connectivity index (χ2n) is 8.25. The molecule has 1 radical (unpaired) electrons. The zero-order valence-electron chi connectivity index (χ0n) is 20.1. The number of pyridine rings is 1. The molecular formula is C30H25IrN4O-. The maximum Gasteiger partial charge on any atom is 0.165 e. The molecule has 0 saturated heterocycles. The SMILES string of the molecule is CCCOc1ccc(-c2nc(-c3ccc(C)cc3)nc(-c3ccc(-c4[c-]cccc4)nc3)n2)cc1.[Ir]. The summed E-state index contributed by atoms with van der Waals surface area (Å²) >= 11 is 0.